The Morgan fingerprint density at radius 3 is 2.75 bits per heavy atom. The molecular weight excluding hydrogens is 254 g/mol. The van der Waals surface area contributed by atoms with Crippen molar-refractivity contribution < 1.29 is 9.59 Å². The minimum Gasteiger partial charge on any atom is -0.342 e. The normalized spacial score (nSPS) is 27.2. The fourth-order valence-electron chi connectivity index (χ4n) is 2.87. The summed E-state index contributed by atoms with van der Waals surface area (Å²) in [4.78, 5) is 30.7. The lowest BCUT2D eigenvalue weighted by Gasteiger charge is -2.32. The van der Waals surface area contributed by atoms with Crippen LogP contribution in [0.3, 0.4) is 0 Å². The number of pyridine rings is 1. The minimum absolute atomic E-state index is 0.0155. The first kappa shape index (κ1) is 13.1. The van der Waals surface area contributed by atoms with Gasteiger partial charge in [0.2, 0.25) is 5.91 Å². The number of anilines is 1. The molecule has 5 nitrogen and oxygen atoms in total. The number of hydrogen-bond donors (Lipinski definition) is 1. The molecule has 5 heteroatoms. The maximum Gasteiger partial charge on any atom is 0.252 e. The molecule has 1 unspecified atom stereocenters. The Balaban J connectivity index is 1.97. The molecule has 2 fully saturated rings. The van der Waals surface area contributed by atoms with E-state index in [1.165, 1.54) is 0 Å². The van der Waals surface area contributed by atoms with Crippen molar-refractivity contribution in [1.82, 2.24) is 10.3 Å². The Morgan fingerprint density at radius 1 is 1.35 bits per heavy atom. The van der Waals surface area contributed by atoms with Gasteiger partial charge in [0, 0.05) is 19.2 Å². The number of aryl methyl sites for hydroxylation is 1. The Morgan fingerprint density at radius 2 is 2.10 bits per heavy atom. The van der Waals surface area contributed by atoms with E-state index in [1.807, 2.05) is 19.9 Å². The van der Waals surface area contributed by atoms with Crippen molar-refractivity contribution in [2.45, 2.75) is 38.6 Å². The van der Waals surface area contributed by atoms with Gasteiger partial charge in [-0.25, -0.2) is 0 Å². The molecule has 0 bridgehead atoms. The van der Waals surface area contributed by atoms with E-state index in [0.717, 1.165) is 24.1 Å². The van der Waals surface area contributed by atoms with Crippen molar-refractivity contribution in [1.29, 1.82) is 0 Å². The van der Waals surface area contributed by atoms with Crippen LogP contribution in [-0.4, -0.2) is 28.9 Å². The molecule has 1 aromatic rings. The highest BCUT2D eigenvalue weighted by Crippen LogP contribution is 2.41. The predicted molar refractivity (Wildman–Crippen MR) is 75.2 cm³/mol. The fraction of sp³-hybridized carbons (Fsp3) is 0.533. The maximum absolute atomic E-state index is 12.9. The number of carbonyl (C=O) groups is 2. The van der Waals surface area contributed by atoms with Crippen LogP contribution in [0, 0.1) is 12.8 Å². The smallest absolute Gasteiger partial charge is 0.252 e. The molecule has 1 atom stereocenters. The number of rotatable bonds is 2. The Bertz CT molecular complexity index is 568. The molecule has 2 aliphatic rings. The summed E-state index contributed by atoms with van der Waals surface area (Å²) in [6.45, 7) is 4.22. The van der Waals surface area contributed by atoms with Crippen LogP contribution in [0.4, 0.5) is 5.69 Å². The van der Waals surface area contributed by atoms with Gasteiger partial charge in [-0.05, 0) is 44.2 Å². The van der Waals surface area contributed by atoms with Crippen molar-refractivity contribution in [3.8, 4) is 0 Å². The molecule has 20 heavy (non-hydrogen) atoms. The van der Waals surface area contributed by atoms with Gasteiger partial charge in [0.25, 0.3) is 5.91 Å². The molecule has 1 saturated heterocycles. The number of amides is 2. The van der Waals surface area contributed by atoms with Crippen LogP contribution in [0.15, 0.2) is 18.5 Å². The highest BCUT2D eigenvalue weighted by atomic mass is 16.2. The van der Waals surface area contributed by atoms with Crippen LogP contribution in [0.5, 0.6) is 0 Å². The third-order valence-corrected chi connectivity index (χ3v) is 4.22. The fourth-order valence-corrected chi connectivity index (χ4v) is 2.87. The van der Waals surface area contributed by atoms with Crippen LogP contribution >= 0.6 is 0 Å². The molecular formula is C15H19N3O2. The summed E-state index contributed by atoms with van der Waals surface area (Å²) in [5.74, 6) is 0.200. The lowest BCUT2D eigenvalue weighted by Crippen LogP contribution is -2.56. The minimum atomic E-state index is -0.767. The van der Waals surface area contributed by atoms with E-state index in [2.05, 4.69) is 10.3 Å². The zero-order valence-electron chi connectivity index (χ0n) is 11.8. The molecule has 106 valence electrons. The number of nitrogens with one attached hydrogen (secondary N) is 1. The summed E-state index contributed by atoms with van der Waals surface area (Å²) in [6, 6.07) is 1.94. The van der Waals surface area contributed by atoms with Crippen molar-refractivity contribution >= 4 is 17.5 Å². The van der Waals surface area contributed by atoms with Gasteiger partial charge in [-0.1, -0.05) is 0 Å². The van der Waals surface area contributed by atoms with E-state index < -0.39 is 5.54 Å². The second-order valence-corrected chi connectivity index (χ2v) is 5.95. The number of nitrogens with zero attached hydrogens (tertiary/aromatic N) is 2. The molecule has 1 N–H and O–H groups in total. The number of hydrogen-bond acceptors (Lipinski definition) is 3. The van der Waals surface area contributed by atoms with Crippen LogP contribution in [0.25, 0.3) is 0 Å². The van der Waals surface area contributed by atoms with E-state index in [0.29, 0.717) is 13.0 Å². The predicted octanol–water partition coefficient (Wildman–Crippen LogP) is 1.41. The van der Waals surface area contributed by atoms with Gasteiger partial charge in [0.1, 0.15) is 5.54 Å². The standard InChI is InChI=1S/C15H19N3O2/c1-10-7-12(9-16-8-10)18-6-5-13(19)17-15(2,14(18)20)11-3-4-11/h7-9,11H,3-6H2,1-2H3,(H,17,19). The van der Waals surface area contributed by atoms with E-state index in [4.69, 9.17) is 0 Å². The summed E-state index contributed by atoms with van der Waals surface area (Å²) in [5, 5.41) is 2.93. The first-order chi connectivity index (χ1) is 9.50. The monoisotopic (exact) mass is 273 g/mol. The molecule has 3 rings (SSSR count). The Hall–Kier alpha value is -1.91. The molecule has 1 aliphatic carbocycles. The van der Waals surface area contributed by atoms with Gasteiger partial charge in [-0.2, -0.15) is 0 Å². The van der Waals surface area contributed by atoms with E-state index >= 15 is 0 Å². The third-order valence-electron chi connectivity index (χ3n) is 4.22. The number of aromatic nitrogens is 1. The zero-order chi connectivity index (χ0) is 14.3. The molecule has 2 heterocycles. The zero-order valence-corrected chi connectivity index (χ0v) is 11.8. The Kier molecular flexibility index (Phi) is 3.00. The van der Waals surface area contributed by atoms with Crippen molar-refractivity contribution in [3.05, 3.63) is 24.0 Å². The number of carbonyl (C=O) groups excluding carboxylic acids is 2. The lowest BCUT2D eigenvalue weighted by atomic mass is 9.94. The summed E-state index contributed by atoms with van der Waals surface area (Å²) in [5.41, 5.74) is 1.02. The maximum atomic E-state index is 12.9. The van der Waals surface area contributed by atoms with Crippen LogP contribution in [0.2, 0.25) is 0 Å². The van der Waals surface area contributed by atoms with Crippen molar-refractivity contribution in [3.63, 3.8) is 0 Å². The SMILES string of the molecule is Cc1cncc(N2CCC(=O)NC(C)(C3CC3)C2=O)c1. The van der Waals surface area contributed by atoms with Gasteiger partial charge in [0.15, 0.2) is 0 Å². The largest absolute Gasteiger partial charge is 0.342 e. The van der Waals surface area contributed by atoms with E-state index in [9.17, 15) is 9.59 Å². The topological polar surface area (TPSA) is 62.3 Å². The summed E-state index contributed by atoms with van der Waals surface area (Å²) in [7, 11) is 0. The highest BCUT2D eigenvalue weighted by molar-refractivity contribution is 6.04. The molecule has 1 aromatic heterocycles. The second-order valence-electron chi connectivity index (χ2n) is 5.95. The molecule has 0 radical (unpaired) electrons. The first-order valence-electron chi connectivity index (χ1n) is 7.05. The summed E-state index contributed by atoms with van der Waals surface area (Å²) >= 11 is 0. The lowest BCUT2D eigenvalue weighted by molar-refractivity contribution is -0.130. The van der Waals surface area contributed by atoms with Crippen LogP contribution in [-0.2, 0) is 9.59 Å². The van der Waals surface area contributed by atoms with Gasteiger partial charge in [-0.15, -0.1) is 0 Å². The quantitative estimate of drug-likeness (QED) is 0.886. The highest BCUT2D eigenvalue weighted by Gasteiger charge is 2.51. The molecule has 1 aliphatic heterocycles. The second kappa shape index (κ2) is 4.58. The van der Waals surface area contributed by atoms with Crippen molar-refractivity contribution in [2.24, 2.45) is 5.92 Å². The molecule has 2 amide bonds. The molecule has 0 spiro atoms. The van der Waals surface area contributed by atoms with Gasteiger partial charge >= 0.3 is 0 Å². The Labute approximate surface area is 118 Å². The average Bonchev–Trinajstić information content (AvgIpc) is 3.22. The van der Waals surface area contributed by atoms with E-state index in [1.54, 1.807) is 17.3 Å². The first-order valence-corrected chi connectivity index (χ1v) is 7.05. The molecule has 0 aromatic carbocycles. The summed E-state index contributed by atoms with van der Waals surface area (Å²) in [6.07, 6.45) is 5.79. The van der Waals surface area contributed by atoms with Crippen LogP contribution in [0.1, 0.15) is 31.7 Å². The van der Waals surface area contributed by atoms with Gasteiger partial charge in [0.05, 0.1) is 11.9 Å². The molecule has 1 saturated carbocycles. The summed E-state index contributed by atoms with van der Waals surface area (Å²) < 4.78 is 0. The van der Waals surface area contributed by atoms with Gasteiger partial charge in [-0.3, -0.25) is 14.6 Å². The van der Waals surface area contributed by atoms with Crippen molar-refractivity contribution in [2.75, 3.05) is 11.4 Å². The van der Waals surface area contributed by atoms with E-state index in [-0.39, 0.29) is 17.7 Å². The van der Waals surface area contributed by atoms with Crippen LogP contribution < -0.4 is 10.2 Å². The average molecular weight is 273 g/mol. The van der Waals surface area contributed by atoms with Gasteiger partial charge < -0.3 is 10.2 Å². The third kappa shape index (κ3) is 2.17.